The number of nitrogens with one attached hydrogen (secondary N) is 1. The molecule has 0 amide bonds. The smallest absolute Gasteiger partial charge is 0.119 e. The molecule has 2 fully saturated rings. The molecule has 2 atom stereocenters. The summed E-state index contributed by atoms with van der Waals surface area (Å²) in [5, 5.41) is 3.49. The molecule has 0 radical (unpaired) electrons. The molecule has 3 rings (SSSR count). The average molecular weight is 318 g/mol. The molecule has 2 aliphatic rings. The van der Waals surface area contributed by atoms with E-state index < -0.39 is 0 Å². The first kappa shape index (κ1) is 16.7. The number of methoxy groups -OCH3 is 1. The minimum atomic E-state index is 0.247. The van der Waals surface area contributed by atoms with E-state index in [4.69, 9.17) is 15.2 Å². The van der Waals surface area contributed by atoms with Gasteiger partial charge in [-0.3, -0.25) is 0 Å². The summed E-state index contributed by atoms with van der Waals surface area (Å²) in [4.78, 5) is 0. The maximum Gasteiger partial charge on any atom is 0.119 e. The molecule has 3 N–H and O–H groups in total. The maximum absolute atomic E-state index is 6.17. The van der Waals surface area contributed by atoms with Crippen molar-refractivity contribution in [2.24, 2.45) is 5.73 Å². The van der Waals surface area contributed by atoms with Crippen molar-refractivity contribution in [3.05, 3.63) is 29.8 Å². The zero-order valence-corrected chi connectivity index (χ0v) is 14.2. The van der Waals surface area contributed by atoms with Gasteiger partial charge in [0.15, 0.2) is 0 Å². The molecule has 1 heterocycles. The number of nitrogens with two attached hydrogens (primary N) is 1. The summed E-state index contributed by atoms with van der Waals surface area (Å²) in [5.41, 5.74) is 7.57. The van der Waals surface area contributed by atoms with E-state index in [-0.39, 0.29) is 6.04 Å². The normalized spacial score (nSPS) is 31.7. The molecule has 128 valence electrons. The van der Waals surface area contributed by atoms with Crippen molar-refractivity contribution in [1.82, 2.24) is 5.32 Å². The molecule has 23 heavy (non-hydrogen) atoms. The number of rotatable bonds is 5. The monoisotopic (exact) mass is 318 g/mol. The van der Waals surface area contributed by atoms with Gasteiger partial charge in [-0.05, 0) is 68.7 Å². The minimum Gasteiger partial charge on any atom is -0.497 e. The maximum atomic E-state index is 6.17. The highest BCUT2D eigenvalue weighted by Gasteiger charge is 2.26. The van der Waals surface area contributed by atoms with E-state index in [1.165, 1.54) is 24.8 Å². The fourth-order valence-electron chi connectivity index (χ4n) is 3.86. The van der Waals surface area contributed by atoms with Crippen LogP contribution in [0.5, 0.6) is 5.75 Å². The quantitative estimate of drug-likeness (QED) is 0.876. The van der Waals surface area contributed by atoms with Gasteiger partial charge < -0.3 is 20.5 Å². The van der Waals surface area contributed by atoms with Crippen LogP contribution in [0.1, 0.15) is 50.0 Å². The largest absolute Gasteiger partial charge is 0.497 e. The molecule has 1 aliphatic heterocycles. The van der Waals surface area contributed by atoms with E-state index in [0.717, 1.165) is 38.2 Å². The molecule has 0 aromatic heterocycles. The van der Waals surface area contributed by atoms with Crippen molar-refractivity contribution >= 4 is 0 Å². The lowest BCUT2D eigenvalue weighted by Gasteiger charge is -2.33. The van der Waals surface area contributed by atoms with Crippen molar-refractivity contribution < 1.29 is 9.47 Å². The number of benzene rings is 1. The van der Waals surface area contributed by atoms with Crippen LogP contribution in [-0.2, 0) is 4.74 Å². The Morgan fingerprint density at radius 2 is 2.00 bits per heavy atom. The highest BCUT2D eigenvalue weighted by Crippen LogP contribution is 2.35. The molecule has 4 heteroatoms. The third-order valence-corrected chi connectivity index (χ3v) is 5.39. The fraction of sp³-hybridized carbons (Fsp3) is 0.684. The standard InChI is InChI=1S/C19H30N2O2/c1-22-17-5-2-4-15(12-17)14-7-9-16(10-8-14)23-13-19-18(20)6-3-11-21-19/h2,4-5,12,14,16,18-19,21H,3,6-11,13,20H2,1H3/t14-,16+,18-,19-/m0/s1. The van der Waals surface area contributed by atoms with Gasteiger partial charge in [0.25, 0.3) is 0 Å². The predicted octanol–water partition coefficient (Wildman–Crippen LogP) is 2.82. The van der Waals surface area contributed by atoms with Crippen LogP contribution in [0.15, 0.2) is 24.3 Å². The van der Waals surface area contributed by atoms with Gasteiger partial charge in [0, 0.05) is 12.1 Å². The van der Waals surface area contributed by atoms with Crippen LogP contribution in [-0.4, -0.2) is 38.4 Å². The van der Waals surface area contributed by atoms with Crippen LogP contribution < -0.4 is 15.8 Å². The Bertz CT molecular complexity index is 486. The Kier molecular flexibility index (Phi) is 5.92. The van der Waals surface area contributed by atoms with Crippen LogP contribution in [0.4, 0.5) is 0 Å². The summed E-state index contributed by atoms with van der Waals surface area (Å²) in [6.07, 6.45) is 7.37. The molecule has 1 aromatic carbocycles. The number of hydrogen-bond acceptors (Lipinski definition) is 4. The van der Waals surface area contributed by atoms with E-state index in [9.17, 15) is 0 Å². The van der Waals surface area contributed by atoms with Crippen LogP contribution in [0.2, 0.25) is 0 Å². The van der Waals surface area contributed by atoms with Crippen LogP contribution >= 0.6 is 0 Å². The second-order valence-electron chi connectivity index (χ2n) is 6.95. The van der Waals surface area contributed by atoms with Crippen LogP contribution in [0.25, 0.3) is 0 Å². The Labute approximate surface area is 139 Å². The summed E-state index contributed by atoms with van der Waals surface area (Å²) >= 11 is 0. The van der Waals surface area contributed by atoms with Crippen molar-refractivity contribution in [2.45, 2.75) is 62.6 Å². The summed E-state index contributed by atoms with van der Waals surface area (Å²) in [7, 11) is 1.73. The van der Waals surface area contributed by atoms with Crippen LogP contribution in [0.3, 0.4) is 0 Å². The first-order valence-electron chi connectivity index (χ1n) is 9.01. The van der Waals surface area contributed by atoms with Crippen molar-refractivity contribution in [1.29, 1.82) is 0 Å². The van der Waals surface area contributed by atoms with Gasteiger partial charge in [0.2, 0.25) is 0 Å². The van der Waals surface area contributed by atoms with E-state index >= 15 is 0 Å². The highest BCUT2D eigenvalue weighted by molar-refractivity contribution is 5.31. The van der Waals surface area contributed by atoms with Gasteiger partial charge in [-0.15, -0.1) is 0 Å². The number of ether oxygens (including phenoxy) is 2. The first-order valence-corrected chi connectivity index (χ1v) is 9.01. The van der Waals surface area contributed by atoms with E-state index in [1.807, 2.05) is 6.07 Å². The van der Waals surface area contributed by atoms with Gasteiger partial charge >= 0.3 is 0 Å². The fourth-order valence-corrected chi connectivity index (χ4v) is 3.86. The van der Waals surface area contributed by atoms with Crippen LogP contribution in [0, 0.1) is 0 Å². The zero-order chi connectivity index (χ0) is 16.1. The first-order chi connectivity index (χ1) is 11.3. The molecule has 1 aliphatic carbocycles. The zero-order valence-electron chi connectivity index (χ0n) is 14.2. The average Bonchev–Trinajstić information content (AvgIpc) is 2.61. The minimum absolute atomic E-state index is 0.247. The molecule has 1 saturated carbocycles. The van der Waals surface area contributed by atoms with Crippen molar-refractivity contribution in [3.8, 4) is 5.75 Å². The number of piperidine rings is 1. The summed E-state index contributed by atoms with van der Waals surface area (Å²) in [6, 6.07) is 9.08. The van der Waals surface area contributed by atoms with E-state index in [0.29, 0.717) is 18.1 Å². The Morgan fingerprint density at radius 3 is 2.74 bits per heavy atom. The highest BCUT2D eigenvalue weighted by atomic mass is 16.5. The third-order valence-electron chi connectivity index (χ3n) is 5.39. The summed E-state index contributed by atoms with van der Waals surface area (Å²) in [6.45, 7) is 1.83. The van der Waals surface area contributed by atoms with Gasteiger partial charge in [-0.1, -0.05) is 12.1 Å². The molecule has 4 nitrogen and oxygen atoms in total. The Morgan fingerprint density at radius 1 is 1.17 bits per heavy atom. The molecular weight excluding hydrogens is 288 g/mol. The molecule has 1 saturated heterocycles. The van der Waals surface area contributed by atoms with E-state index in [1.54, 1.807) is 7.11 Å². The van der Waals surface area contributed by atoms with Gasteiger partial charge in [-0.25, -0.2) is 0 Å². The molecule has 0 unspecified atom stereocenters. The van der Waals surface area contributed by atoms with Gasteiger partial charge in [0.1, 0.15) is 5.75 Å². The lowest BCUT2D eigenvalue weighted by atomic mass is 9.82. The van der Waals surface area contributed by atoms with Gasteiger partial charge in [-0.2, -0.15) is 0 Å². The second-order valence-corrected chi connectivity index (χ2v) is 6.95. The third kappa shape index (κ3) is 4.46. The van der Waals surface area contributed by atoms with Crippen molar-refractivity contribution in [3.63, 3.8) is 0 Å². The molecular formula is C19H30N2O2. The summed E-state index contributed by atoms with van der Waals surface area (Å²) < 4.78 is 11.5. The molecule has 0 spiro atoms. The topological polar surface area (TPSA) is 56.5 Å². The molecule has 0 bridgehead atoms. The second kappa shape index (κ2) is 8.13. The van der Waals surface area contributed by atoms with Gasteiger partial charge in [0.05, 0.1) is 19.8 Å². The summed E-state index contributed by atoms with van der Waals surface area (Å²) in [5.74, 6) is 1.60. The Hall–Kier alpha value is -1.10. The lowest BCUT2D eigenvalue weighted by molar-refractivity contribution is 0.00619. The SMILES string of the molecule is COc1cccc([C@H]2CC[C@@H](OC[C@@H]3NCCC[C@@H]3N)CC2)c1. The number of hydrogen-bond donors (Lipinski definition) is 2. The molecule has 1 aromatic rings. The van der Waals surface area contributed by atoms with E-state index in [2.05, 4.69) is 23.5 Å². The Balaban J connectivity index is 1.44. The lowest BCUT2D eigenvalue weighted by Crippen LogP contribution is -2.52. The predicted molar refractivity (Wildman–Crippen MR) is 92.9 cm³/mol. The van der Waals surface area contributed by atoms with Crippen molar-refractivity contribution in [2.75, 3.05) is 20.3 Å².